The Morgan fingerprint density at radius 1 is 1.11 bits per heavy atom. The first-order valence-corrected chi connectivity index (χ1v) is 12.8. The molecule has 3 aromatic rings. The molecule has 28 heavy (non-hydrogen) atoms. The number of rotatable bonds is 7. The predicted octanol–water partition coefficient (Wildman–Crippen LogP) is 4.29. The third-order valence-corrected chi connectivity index (χ3v) is 6.10. The Morgan fingerprint density at radius 2 is 1.79 bits per heavy atom. The van der Waals surface area contributed by atoms with Gasteiger partial charge in [-0.25, -0.2) is 4.39 Å². The average molecular weight is 401 g/mol. The minimum Gasteiger partial charge on any atom is -0.408 e. The lowest BCUT2D eigenvalue weighted by Crippen LogP contribution is -2.24. The van der Waals surface area contributed by atoms with Gasteiger partial charge in [0.05, 0.1) is 11.4 Å². The zero-order valence-corrected chi connectivity index (χ0v) is 17.3. The zero-order valence-electron chi connectivity index (χ0n) is 16.3. The van der Waals surface area contributed by atoms with Crippen molar-refractivity contribution in [1.82, 2.24) is 14.5 Å². The van der Waals surface area contributed by atoms with Crippen molar-refractivity contribution in [1.29, 1.82) is 0 Å². The van der Waals surface area contributed by atoms with Crippen LogP contribution in [0.4, 0.5) is 4.39 Å². The predicted molar refractivity (Wildman–Crippen MR) is 109 cm³/mol. The Kier molecular flexibility index (Phi) is 6.10. The van der Waals surface area contributed by atoms with Crippen LogP contribution in [0.3, 0.4) is 0 Å². The fourth-order valence-corrected chi connectivity index (χ4v) is 3.61. The molecule has 0 saturated heterocycles. The van der Waals surface area contributed by atoms with Crippen LogP contribution in [0.25, 0.3) is 22.5 Å². The smallest absolute Gasteiger partial charge is 0.246 e. The van der Waals surface area contributed by atoms with E-state index in [9.17, 15) is 9.60 Å². The molecule has 3 rings (SSSR count). The summed E-state index contributed by atoms with van der Waals surface area (Å²) < 4.78 is 21.1. The minimum absolute atomic E-state index is 0.220. The standard InChI is InChI=1S/C20H25FN4O2Si/c1-28(2,3)13-12-27-14-25-19(16-4-6-17(21)7-5-16)18(23-20(25)24-26)15-8-10-22-11-9-15/h4-11,26H,12-14H2,1-3H3,(H,23,24). The van der Waals surface area contributed by atoms with Gasteiger partial charge in [0, 0.05) is 38.2 Å². The number of aromatic amines is 1. The Morgan fingerprint density at radius 3 is 2.39 bits per heavy atom. The number of ether oxygens (including phenoxy) is 1. The van der Waals surface area contributed by atoms with E-state index in [4.69, 9.17) is 4.74 Å². The number of hydrogen-bond donors (Lipinski definition) is 2. The van der Waals surface area contributed by atoms with E-state index in [1.807, 2.05) is 12.1 Å². The van der Waals surface area contributed by atoms with E-state index in [1.54, 1.807) is 29.1 Å². The van der Waals surface area contributed by atoms with E-state index < -0.39 is 8.07 Å². The molecule has 148 valence electrons. The number of nitrogens with one attached hydrogen (secondary N) is 1. The van der Waals surface area contributed by atoms with Crippen LogP contribution < -0.4 is 5.62 Å². The van der Waals surface area contributed by atoms with Crippen LogP contribution in [-0.4, -0.2) is 34.4 Å². The molecular weight excluding hydrogens is 375 g/mol. The van der Waals surface area contributed by atoms with Gasteiger partial charge in [-0.3, -0.25) is 9.55 Å². The van der Waals surface area contributed by atoms with Gasteiger partial charge in [0.2, 0.25) is 5.62 Å². The Hall–Kier alpha value is -2.71. The molecule has 8 heteroatoms. The molecule has 0 amide bonds. The largest absolute Gasteiger partial charge is 0.408 e. The van der Waals surface area contributed by atoms with Crippen LogP contribution >= 0.6 is 0 Å². The summed E-state index contributed by atoms with van der Waals surface area (Å²) in [5.41, 5.74) is 3.43. The van der Waals surface area contributed by atoms with E-state index in [1.165, 1.54) is 12.1 Å². The first kappa shape index (κ1) is 20.0. The first-order chi connectivity index (χ1) is 13.4. The van der Waals surface area contributed by atoms with E-state index in [0.717, 1.165) is 28.6 Å². The highest BCUT2D eigenvalue weighted by molar-refractivity contribution is 6.76. The van der Waals surface area contributed by atoms with Gasteiger partial charge in [0.25, 0.3) is 0 Å². The molecule has 0 aliphatic rings. The van der Waals surface area contributed by atoms with Crippen molar-refractivity contribution in [2.75, 3.05) is 6.61 Å². The van der Waals surface area contributed by atoms with E-state index in [-0.39, 0.29) is 18.2 Å². The van der Waals surface area contributed by atoms with E-state index in [0.29, 0.717) is 6.61 Å². The fraction of sp³-hybridized carbons (Fsp3) is 0.300. The van der Waals surface area contributed by atoms with Crippen LogP contribution in [0.5, 0.6) is 0 Å². The molecule has 0 bridgehead atoms. The van der Waals surface area contributed by atoms with Crippen LogP contribution in [0.2, 0.25) is 25.7 Å². The van der Waals surface area contributed by atoms with Gasteiger partial charge in [-0.2, -0.15) is 0 Å². The molecule has 2 heterocycles. The first-order valence-electron chi connectivity index (χ1n) is 9.14. The monoisotopic (exact) mass is 400 g/mol. The maximum absolute atomic E-state index is 13.5. The Bertz CT molecular complexity index is 976. The fourth-order valence-electron chi connectivity index (χ4n) is 2.85. The lowest BCUT2D eigenvalue weighted by Gasteiger charge is -2.16. The quantitative estimate of drug-likeness (QED) is 0.269. The second-order valence-corrected chi connectivity index (χ2v) is 13.4. The second kappa shape index (κ2) is 8.53. The molecule has 0 atom stereocenters. The lowest BCUT2D eigenvalue weighted by atomic mass is 10.1. The highest BCUT2D eigenvalue weighted by atomic mass is 28.3. The van der Waals surface area contributed by atoms with E-state index >= 15 is 0 Å². The van der Waals surface area contributed by atoms with Gasteiger partial charge in [-0.15, -0.1) is 0 Å². The van der Waals surface area contributed by atoms with Gasteiger partial charge in [0.15, 0.2) is 0 Å². The number of hydrogen-bond acceptors (Lipinski definition) is 4. The average Bonchev–Trinajstić information content (AvgIpc) is 3.04. The van der Waals surface area contributed by atoms with Crippen molar-refractivity contribution >= 4 is 8.07 Å². The maximum atomic E-state index is 13.5. The summed E-state index contributed by atoms with van der Waals surface area (Å²) in [5.74, 6) is -0.310. The maximum Gasteiger partial charge on any atom is 0.246 e. The molecule has 2 aromatic heterocycles. The van der Waals surface area contributed by atoms with Gasteiger partial charge in [0.1, 0.15) is 12.5 Å². The number of H-pyrrole nitrogens is 1. The summed E-state index contributed by atoms with van der Waals surface area (Å²) in [6, 6.07) is 11.0. The summed E-state index contributed by atoms with van der Waals surface area (Å²) in [7, 11) is -1.21. The Labute approximate surface area is 164 Å². The van der Waals surface area contributed by atoms with Crippen LogP contribution in [0, 0.1) is 5.82 Å². The number of nitrogens with zero attached hydrogens (tertiary/aromatic N) is 3. The lowest BCUT2D eigenvalue weighted by molar-refractivity contribution is 0.0835. The van der Waals surface area contributed by atoms with Crippen molar-refractivity contribution in [3.63, 3.8) is 0 Å². The van der Waals surface area contributed by atoms with Gasteiger partial charge in [-0.05, 0) is 42.4 Å². The number of benzene rings is 1. The zero-order chi connectivity index (χ0) is 20.1. The molecule has 0 saturated carbocycles. The highest BCUT2D eigenvalue weighted by Crippen LogP contribution is 2.29. The van der Waals surface area contributed by atoms with Gasteiger partial charge >= 0.3 is 0 Å². The molecule has 0 unspecified atom stereocenters. The van der Waals surface area contributed by atoms with Gasteiger partial charge in [-0.1, -0.05) is 24.8 Å². The summed E-state index contributed by atoms with van der Waals surface area (Å²) in [6.45, 7) is 7.73. The third-order valence-electron chi connectivity index (χ3n) is 4.40. The van der Waals surface area contributed by atoms with Crippen molar-refractivity contribution in [3.05, 3.63) is 60.2 Å². The molecule has 0 aliphatic heterocycles. The third kappa shape index (κ3) is 4.76. The summed E-state index contributed by atoms with van der Waals surface area (Å²) >= 11 is 0. The molecular formula is C20H25FN4O2Si. The van der Waals surface area contributed by atoms with Crippen molar-refractivity contribution in [3.8, 4) is 22.5 Å². The topological polar surface area (TPSA) is 75.4 Å². The van der Waals surface area contributed by atoms with Crippen molar-refractivity contribution in [2.24, 2.45) is 5.16 Å². The molecule has 0 aliphatic carbocycles. The number of aromatic nitrogens is 3. The number of pyridine rings is 1. The molecule has 2 N–H and O–H groups in total. The summed E-state index contributed by atoms with van der Waals surface area (Å²) in [6.07, 6.45) is 3.38. The molecule has 1 aromatic carbocycles. The minimum atomic E-state index is -1.21. The highest BCUT2D eigenvalue weighted by Gasteiger charge is 2.18. The normalized spacial score (nSPS) is 12.5. The van der Waals surface area contributed by atoms with Crippen molar-refractivity contribution in [2.45, 2.75) is 32.4 Å². The van der Waals surface area contributed by atoms with Crippen LogP contribution in [0.1, 0.15) is 0 Å². The molecule has 6 nitrogen and oxygen atoms in total. The molecule has 0 radical (unpaired) electrons. The summed E-state index contributed by atoms with van der Waals surface area (Å²) in [5, 5.41) is 12.9. The molecule has 0 fully saturated rings. The van der Waals surface area contributed by atoms with Crippen molar-refractivity contribution < 1.29 is 14.3 Å². The van der Waals surface area contributed by atoms with Gasteiger partial charge < -0.3 is 14.9 Å². The molecule has 0 spiro atoms. The van der Waals surface area contributed by atoms with E-state index in [2.05, 4.69) is 34.8 Å². The SMILES string of the molecule is C[Si](C)(C)CCOCn1c(-c2ccc(F)cc2)c(-c2ccncc2)[nH]c1=NO. The second-order valence-electron chi connectivity index (χ2n) is 7.79. The number of imidazole rings is 1. The van der Waals surface area contributed by atoms with Crippen LogP contribution in [0.15, 0.2) is 53.9 Å². The number of halogens is 1. The Balaban J connectivity index is 2.04. The van der Waals surface area contributed by atoms with Crippen LogP contribution in [-0.2, 0) is 11.5 Å². The summed E-state index contributed by atoms with van der Waals surface area (Å²) in [4.78, 5) is 7.19.